The highest BCUT2D eigenvalue weighted by atomic mass is 15.0. The number of rotatable bonds is 5. The zero-order valence-electron chi connectivity index (χ0n) is 11.3. The molecule has 0 saturated carbocycles. The maximum atomic E-state index is 3.78. The van der Waals surface area contributed by atoms with Crippen molar-refractivity contribution in [1.82, 2.24) is 10.6 Å². The average molecular weight is 244 g/mol. The van der Waals surface area contributed by atoms with Gasteiger partial charge in [0, 0.05) is 12.6 Å². The Bertz CT molecular complexity index is 363. The molecule has 1 atom stereocenters. The Morgan fingerprint density at radius 2 is 2.00 bits per heavy atom. The number of piperidine rings is 1. The molecule has 2 rings (SSSR count). The van der Waals surface area contributed by atoms with Crippen molar-refractivity contribution < 1.29 is 0 Å². The van der Waals surface area contributed by atoms with Crippen molar-refractivity contribution >= 4 is 6.08 Å². The lowest BCUT2D eigenvalue weighted by Crippen LogP contribution is -2.41. The molecule has 1 unspecified atom stereocenters. The Morgan fingerprint density at radius 1 is 1.33 bits per heavy atom. The second-order valence-electron chi connectivity index (χ2n) is 5.20. The van der Waals surface area contributed by atoms with Crippen molar-refractivity contribution in [2.45, 2.75) is 31.7 Å². The average Bonchev–Trinajstić information content (AvgIpc) is 2.46. The van der Waals surface area contributed by atoms with Crippen LogP contribution in [0.15, 0.2) is 30.8 Å². The molecule has 0 bridgehead atoms. The fourth-order valence-corrected chi connectivity index (χ4v) is 2.45. The van der Waals surface area contributed by atoms with Crippen LogP contribution >= 0.6 is 0 Å². The van der Waals surface area contributed by atoms with E-state index < -0.39 is 0 Å². The summed E-state index contributed by atoms with van der Waals surface area (Å²) in [6, 6.07) is 9.41. The van der Waals surface area contributed by atoms with Crippen LogP contribution in [0.4, 0.5) is 0 Å². The van der Waals surface area contributed by atoms with Crippen LogP contribution < -0.4 is 10.6 Å². The summed E-state index contributed by atoms with van der Waals surface area (Å²) >= 11 is 0. The molecule has 2 N–H and O–H groups in total. The summed E-state index contributed by atoms with van der Waals surface area (Å²) in [7, 11) is 0. The summed E-state index contributed by atoms with van der Waals surface area (Å²) < 4.78 is 0. The summed E-state index contributed by atoms with van der Waals surface area (Å²) in [6.45, 7) is 9.45. The number of nitrogens with one attached hydrogen (secondary N) is 2. The molecule has 0 radical (unpaired) electrons. The van der Waals surface area contributed by atoms with E-state index >= 15 is 0 Å². The lowest BCUT2D eigenvalue weighted by Gasteiger charge is -2.25. The molecule has 0 aromatic heterocycles. The van der Waals surface area contributed by atoms with E-state index in [1.54, 1.807) is 0 Å². The van der Waals surface area contributed by atoms with Crippen molar-refractivity contribution in [1.29, 1.82) is 0 Å². The van der Waals surface area contributed by atoms with E-state index in [2.05, 4.69) is 48.4 Å². The largest absolute Gasteiger partial charge is 0.317 e. The maximum Gasteiger partial charge on any atom is 0.00914 e. The molecule has 1 saturated heterocycles. The van der Waals surface area contributed by atoms with Gasteiger partial charge in [0.25, 0.3) is 0 Å². The lowest BCUT2D eigenvalue weighted by molar-refractivity contribution is 0.381. The van der Waals surface area contributed by atoms with Gasteiger partial charge >= 0.3 is 0 Å². The Kier molecular flexibility index (Phi) is 4.97. The zero-order chi connectivity index (χ0) is 12.8. The molecule has 0 spiro atoms. The minimum absolute atomic E-state index is 0.568. The predicted molar refractivity (Wildman–Crippen MR) is 78.8 cm³/mol. The molecule has 1 fully saturated rings. The van der Waals surface area contributed by atoms with Crippen LogP contribution in [-0.4, -0.2) is 25.7 Å². The van der Waals surface area contributed by atoms with Gasteiger partial charge in [-0.15, -0.1) is 0 Å². The maximum absolute atomic E-state index is 3.78. The Morgan fingerprint density at radius 3 is 2.61 bits per heavy atom. The second-order valence-corrected chi connectivity index (χ2v) is 5.20. The van der Waals surface area contributed by atoms with Crippen LogP contribution in [0.5, 0.6) is 0 Å². The SMILES string of the molecule is C=Cc1ccc(C(C)CNC2CCNCC2)cc1. The zero-order valence-corrected chi connectivity index (χ0v) is 11.3. The molecule has 1 aromatic rings. The van der Waals surface area contributed by atoms with Gasteiger partial charge in [-0.3, -0.25) is 0 Å². The Hall–Kier alpha value is -1.12. The Balaban J connectivity index is 1.82. The summed E-state index contributed by atoms with van der Waals surface area (Å²) in [5, 5.41) is 7.09. The van der Waals surface area contributed by atoms with Gasteiger partial charge < -0.3 is 10.6 Å². The van der Waals surface area contributed by atoms with Gasteiger partial charge in [-0.2, -0.15) is 0 Å². The van der Waals surface area contributed by atoms with Crippen molar-refractivity contribution in [2.24, 2.45) is 0 Å². The molecule has 1 heterocycles. The third kappa shape index (κ3) is 3.69. The van der Waals surface area contributed by atoms with Gasteiger partial charge in [-0.25, -0.2) is 0 Å². The summed E-state index contributed by atoms with van der Waals surface area (Å²) in [6.07, 6.45) is 4.39. The number of benzene rings is 1. The van der Waals surface area contributed by atoms with Crippen LogP contribution in [0.2, 0.25) is 0 Å². The highest BCUT2D eigenvalue weighted by Gasteiger charge is 2.13. The highest BCUT2D eigenvalue weighted by molar-refractivity contribution is 5.47. The minimum Gasteiger partial charge on any atom is -0.317 e. The molecular formula is C16H24N2. The van der Waals surface area contributed by atoms with Crippen LogP contribution in [0, 0.1) is 0 Å². The van der Waals surface area contributed by atoms with Crippen molar-refractivity contribution in [2.75, 3.05) is 19.6 Å². The van der Waals surface area contributed by atoms with Gasteiger partial charge in [-0.05, 0) is 43.0 Å². The molecule has 1 aliphatic rings. The van der Waals surface area contributed by atoms with E-state index in [9.17, 15) is 0 Å². The van der Waals surface area contributed by atoms with Crippen molar-refractivity contribution in [3.05, 3.63) is 42.0 Å². The Labute approximate surface area is 110 Å². The first-order chi connectivity index (χ1) is 8.79. The predicted octanol–water partition coefficient (Wildman–Crippen LogP) is 2.77. The molecule has 0 amide bonds. The smallest absolute Gasteiger partial charge is 0.00914 e. The third-order valence-electron chi connectivity index (χ3n) is 3.79. The van der Waals surface area contributed by atoms with Crippen molar-refractivity contribution in [3.8, 4) is 0 Å². The topological polar surface area (TPSA) is 24.1 Å². The monoisotopic (exact) mass is 244 g/mol. The van der Waals surface area contributed by atoms with Crippen LogP contribution in [0.25, 0.3) is 6.08 Å². The van der Waals surface area contributed by atoms with E-state index in [-0.39, 0.29) is 0 Å². The van der Waals surface area contributed by atoms with E-state index in [1.165, 1.54) is 24.0 Å². The van der Waals surface area contributed by atoms with Crippen LogP contribution in [0.1, 0.15) is 36.8 Å². The van der Waals surface area contributed by atoms with Gasteiger partial charge in [0.05, 0.1) is 0 Å². The molecular weight excluding hydrogens is 220 g/mol. The first kappa shape index (κ1) is 13.3. The standard InChI is InChI=1S/C16H24N2/c1-3-14-4-6-15(7-5-14)13(2)12-18-16-8-10-17-11-9-16/h3-7,13,16-18H,1,8-12H2,2H3. The highest BCUT2D eigenvalue weighted by Crippen LogP contribution is 2.16. The first-order valence-corrected chi connectivity index (χ1v) is 6.96. The third-order valence-corrected chi connectivity index (χ3v) is 3.79. The van der Waals surface area contributed by atoms with E-state index in [4.69, 9.17) is 0 Å². The lowest BCUT2D eigenvalue weighted by atomic mass is 9.98. The second kappa shape index (κ2) is 6.72. The quantitative estimate of drug-likeness (QED) is 0.832. The normalized spacial score (nSPS) is 18.5. The van der Waals surface area contributed by atoms with Gasteiger partial charge in [0.1, 0.15) is 0 Å². The number of hydrogen-bond donors (Lipinski definition) is 2. The van der Waals surface area contributed by atoms with E-state index in [1.807, 2.05) is 6.08 Å². The van der Waals surface area contributed by atoms with Crippen LogP contribution in [-0.2, 0) is 0 Å². The van der Waals surface area contributed by atoms with Crippen molar-refractivity contribution in [3.63, 3.8) is 0 Å². The molecule has 2 nitrogen and oxygen atoms in total. The van der Waals surface area contributed by atoms with Crippen LogP contribution in [0.3, 0.4) is 0 Å². The fraction of sp³-hybridized carbons (Fsp3) is 0.500. The molecule has 1 aromatic carbocycles. The summed E-state index contributed by atoms with van der Waals surface area (Å²) in [5.41, 5.74) is 2.60. The first-order valence-electron chi connectivity index (χ1n) is 6.96. The summed E-state index contributed by atoms with van der Waals surface area (Å²) in [4.78, 5) is 0. The fourth-order valence-electron chi connectivity index (χ4n) is 2.45. The molecule has 0 aliphatic carbocycles. The molecule has 1 aliphatic heterocycles. The van der Waals surface area contributed by atoms with Gasteiger partial charge in [0.2, 0.25) is 0 Å². The molecule has 18 heavy (non-hydrogen) atoms. The van der Waals surface area contributed by atoms with Gasteiger partial charge in [0.15, 0.2) is 0 Å². The van der Waals surface area contributed by atoms with Gasteiger partial charge in [-0.1, -0.05) is 43.8 Å². The summed E-state index contributed by atoms with van der Waals surface area (Å²) in [5.74, 6) is 0.568. The van der Waals surface area contributed by atoms with E-state index in [0.717, 1.165) is 19.6 Å². The molecule has 2 heteroatoms. The minimum atomic E-state index is 0.568. The molecule has 98 valence electrons. The van der Waals surface area contributed by atoms with E-state index in [0.29, 0.717) is 12.0 Å². The number of hydrogen-bond acceptors (Lipinski definition) is 2.